The maximum absolute atomic E-state index is 9.13. The van der Waals surface area contributed by atoms with Crippen molar-refractivity contribution < 1.29 is 0 Å². The van der Waals surface area contributed by atoms with Crippen LogP contribution in [0.3, 0.4) is 0 Å². The summed E-state index contributed by atoms with van der Waals surface area (Å²) in [5, 5.41) is 13.2. The second kappa shape index (κ2) is 5.81. The number of halogens is 1. The van der Waals surface area contributed by atoms with Gasteiger partial charge in [0.05, 0.1) is 11.3 Å². The number of hydrogen-bond acceptors (Lipinski definition) is 3. The summed E-state index contributed by atoms with van der Waals surface area (Å²) in [6.45, 7) is 0.856. The molecule has 0 amide bonds. The minimum absolute atomic E-state index is 0.203. The Kier molecular flexibility index (Phi) is 4.34. The van der Waals surface area contributed by atoms with Gasteiger partial charge < -0.3 is 10.2 Å². The minimum Gasteiger partial charge on any atom is -0.382 e. The number of benzene rings is 1. The van der Waals surface area contributed by atoms with Crippen LogP contribution in [0.25, 0.3) is 0 Å². The van der Waals surface area contributed by atoms with Crippen LogP contribution >= 0.6 is 11.6 Å². The SMILES string of the molecule is CN(C)C1(CNc2cc(Cl)ccc2C#N)CCCC1. The highest BCUT2D eigenvalue weighted by Gasteiger charge is 2.35. The molecular weight excluding hydrogens is 258 g/mol. The van der Waals surface area contributed by atoms with Crippen molar-refractivity contribution in [2.75, 3.05) is 26.0 Å². The summed E-state index contributed by atoms with van der Waals surface area (Å²) in [5.74, 6) is 0. The van der Waals surface area contributed by atoms with Crippen LogP contribution in [0.15, 0.2) is 18.2 Å². The molecule has 1 fully saturated rings. The predicted octanol–water partition coefficient (Wildman–Crippen LogP) is 3.50. The van der Waals surface area contributed by atoms with Crippen LogP contribution in [0.5, 0.6) is 0 Å². The summed E-state index contributed by atoms with van der Waals surface area (Å²) in [4.78, 5) is 2.31. The normalized spacial score (nSPS) is 17.4. The van der Waals surface area contributed by atoms with E-state index < -0.39 is 0 Å². The molecule has 4 heteroatoms. The average molecular weight is 278 g/mol. The first-order valence-corrected chi connectivity index (χ1v) is 7.06. The molecule has 102 valence electrons. The van der Waals surface area contributed by atoms with Crippen molar-refractivity contribution in [2.45, 2.75) is 31.2 Å². The topological polar surface area (TPSA) is 39.1 Å². The molecule has 0 aliphatic heterocycles. The molecular formula is C15H20ClN3. The third kappa shape index (κ3) is 3.02. The number of anilines is 1. The Bertz CT molecular complexity index is 485. The Morgan fingerprint density at radius 2 is 2.05 bits per heavy atom. The van der Waals surface area contributed by atoms with Crippen LogP contribution in [-0.4, -0.2) is 31.1 Å². The molecule has 0 spiro atoms. The van der Waals surface area contributed by atoms with Gasteiger partial charge in [0, 0.05) is 17.1 Å². The maximum Gasteiger partial charge on any atom is 0.101 e. The lowest BCUT2D eigenvalue weighted by molar-refractivity contribution is 0.172. The van der Waals surface area contributed by atoms with Crippen molar-refractivity contribution in [3.05, 3.63) is 28.8 Å². The van der Waals surface area contributed by atoms with Crippen LogP contribution < -0.4 is 5.32 Å². The number of hydrogen-bond donors (Lipinski definition) is 1. The predicted molar refractivity (Wildman–Crippen MR) is 79.5 cm³/mol. The van der Waals surface area contributed by atoms with E-state index in [4.69, 9.17) is 16.9 Å². The number of nitrogens with zero attached hydrogens (tertiary/aromatic N) is 2. The second-order valence-electron chi connectivity index (χ2n) is 5.48. The molecule has 0 heterocycles. The Morgan fingerprint density at radius 3 is 2.63 bits per heavy atom. The lowest BCUT2D eigenvalue weighted by Gasteiger charge is -2.37. The van der Waals surface area contributed by atoms with E-state index in [1.807, 2.05) is 6.07 Å². The lowest BCUT2D eigenvalue weighted by atomic mass is 9.95. The Balaban J connectivity index is 2.14. The molecule has 1 aliphatic carbocycles. The molecule has 0 aromatic heterocycles. The molecule has 1 aliphatic rings. The van der Waals surface area contributed by atoms with Gasteiger partial charge in [0.2, 0.25) is 0 Å². The highest BCUT2D eigenvalue weighted by Crippen LogP contribution is 2.34. The molecule has 0 saturated heterocycles. The number of likely N-dealkylation sites (N-methyl/N-ethyl adjacent to an activating group) is 1. The van der Waals surface area contributed by atoms with Gasteiger partial charge in [-0.15, -0.1) is 0 Å². The first kappa shape index (κ1) is 14.2. The monoisotopic (exact) mass is 277 g/mol. The number of rotatable bonds is 4. The summed E-state index contributed by atoms with van der Waals surface area (Å²) in [6.07, 6.45) is 4.96. The zero-order valence-corrected chi connectivity index (χ0v) is 12.3. The molecule has 0 radical (unpaired) electrons. The molecule has 3 nitrogen and oxygen atoms in total. The Labute approximate surface area is 120 Å². The van der Waals surface area contributed by atoms with Crippen molar-refractivity contribution in [1.29, 1.82) is 5.26 Å². The zero-order chi connectivity index (χ0) is 13.9. The van der Waals surface area contributed by atoms with Gasteiger partial charge in [-0.3, -0.25) is 0 Å². The smallest absolute Gasteiger partial charge is 0.101 e. The molecule has 1 aromatic rings. The lowest BCUT2D eigenvalue weighted by Crippen LogP contribution is -2.47. The van der Waals surface area contributed by atoms with Gasteiger partial charge in [-0.25, -0.2) is 0 Å². The van der Waals surface area contributed by atoms with E-state index >= 15 is 0 Å². The Morgan fingerprint density at radius 1 is 1.37 bits per heavy atom. The van der Waals surface area contributed by atoms with Crippen molar-refractivity contribution in [2.24, 2.45) is 0 Å². The maximum atomic E-state index is 9.13. The van der Waals surface area contributed by atoms with E-state index in [-0.39, 0.29) is 5.54 Å². The summed E-state index contributed by atoms with van der Waals surface area (Å²) >= 11 is 6.01. The molecule has 1 aromatic carbocycles. The molecule has 0 unspecified atom stereocenters. The third-order valence-corrected chi connectivity index (χ3v) is 4.43. The van der Waals surface area contributed by atoms with E-state index in [1.165, 1.54) is 25.7 Å². The van der Waals surface area contributed by atoms with E-state index in [0.29, 0.717) is 10.6 Å². The van der Waals surface area contributed by atoms with Gasteiger partial charge in [0.25, 0.3) is 0 Å². The summed E-state index contributed by atoms with van der Waals surface area (Å²) < 4.78 is 0. The molecule has 0 bridgehead atoms. The largest absolute Gasteiger partial charge is 0.382 e. The van der Waals surface area contributed by atoms with Crippen LogP contribution in [0, 0.1) is 11.3 Å². The summed E-state index contributed by atoms with van der Waals surface area (Å²) in [6, 6.07) is 7.56. The first-order chi connectivity index (χ1) is 9.07. The van der Waals surface area contributed by atoms with E-state index in [1.54, 1.807) is 12.1 Å². The van der Waals surface area contributed by atoms with Gasteiger partial charge in [0.1, 0.15) is 6.07 Å². The fraction of sp³-hybridized carbons (Fsp3) is 0.533. The average Bonchev–Trinajstić information content (AvgIpc) is 2.86. The summed E-state index contributed by atoms with van der Waals surface area (Å²) in [5.41, 5.74) is 1.69. The fourth-order valence-corrected chi connectivity index (χ4v) is 3.01. The minimum atomic E-state index is 0.203. The van der Waals surface area contributed by atoms with Crippen LogP contribution in [-0.2, 0) is 0 Å². The number of nitriles is 1. The highest BCUT2D eigenvalue weighted by molar-refractivity contribution is 6.30. The zero-order valence-electron chi connectivity index (χ0n) is 11.5. The second-order valence-corrected chi connectivity index (χ2v) is 5.92. The van der Waals surface area contributed by atoms with Gasteiger partial charge in [0.15, 0.2) is 0 Å². The summed E-state index contributed by atoms with van der Waals surface area (Å²) in [7, 11) is 4.27. The van der Waals surface area contributed by atoms with Gasteiger partial charge in [-0.05, 0) is 45.1 Å². The van der Waals surface area contributed by atoms with Gasteiger partial charge in [-0.2, -0.15) is 5.26 Å². The Hall–Kier alpha value is -1.24. The quantitative estimate of drug-likeness (QED) is 0.916. The van der Waals surface area contributed by atoms with E-state index in [0.717, 1.165) is 12.2 Å². The molecule has 1 saturated carbocycles. The number of nitrogens with one attached hydrogen (secondary N) is 1. The molecule has 1 N–H and O–H groups in total. The van der Waals surface area contributed by atoms with E-state index in [2.05, 4.69) is 30.4 Å². The molecule has 19 heavy (non-hydrogen) atoms. The van der Waals surface area contributed by atoms with Crippen molar-refractivity contribution >= 4 is 17.3 Å². The standard InChI is InChI=1S/C15H20ClN3/c1-19(2)15(7-3-4-8-15)11-18-14-9-13(16)6-5-12(14)10-17/h5-6,9,18H,3-4,7-8,11H2,1-2H3. The first-order valence-electron chi connectivity index (χ1n) is 6.68. The van der Waals surface area contributed by atoms with Crippen LogP contribution in [0.4, 0.5) is 5.69 Å². The van der Waals surface area contributed by atoms with Crippen LogP contribution in [0.2, 0.25) is 5.02 Å². The van der Waals surface area contributed by atoms with Gasteiger partial charge in [-0.1, -0.05) is 24.4 Å². The van der Waals surface area contributed by atoms with Crippen LogP contribution in [0.1, 0.15) is 31.2 Å². The van der Waals surface area contributed by atoms with Crippen molar-refractivity contribution in [3.8, 4) is 6.07 Å². The van der Waals surface area contributed by atoms with Gasteiger partial charge >= 0.3 is 0 Å². The third-order valence-electron chi connectivity index (χ3n) is 4.19. The van der Waals surface area contributed by atoms with E-state index in [9.17, 15) is 0 Å². The molecule has 2 rings (SSSR count). The fourth-order valence-electron chi connectivity index (χ4n) is 2.84. The highest BCUT2D eigenvalue weighted by atomic mass is 35.5. The van der Waals surface area contributed by atoms with Crippen molar-refractivity contribution in [1.82, 2.24) is 4.90 Å². The molecule has 0 atom stereocenters. The van der Waals surface area contributed by atoms with Crippen molar-refractivity contribution in [3.63, 3.8) is 0 Å².